The Hall–Kier alpha value is -3.10. The van der Waals surface area contributed by atoms with Gasteiger partial charge in [0.15, 0.2) is 0 Å². The average Bonchev–Trinajstić information content (AvgIpc) is 3.27. The number of amides is 2. The van der Waals surface area contributed by atoms with Crippen molar-refractivity contribution in [1.82, 2.24) is 9.80 Å². The molecular formula is C28H28N2O4S2. The fraction of sp³-hybridized carbons (Fsp3) is 0.286. The molecule has 36 heavy (non-hydrogen) atoms. The molecule has 0 unspecified atom stereocenters. The number of hydrogen-bond acceptors (Lipinski definition) is 6. The fourth-order valence-corrected chi connectivity index (χ4v) is 6.50. The van der Waals surface area contributed by atoms with E-state index in [0.29, 0.717) is 37.3 Å². The number of carbonyl (C=O) groups is 2. The number of fused-ring (bicyclic) bond motifs is 2. The predicted octanol–water partition coefficient (Wildman–Crippen LogP) is 5.20. The summed E-state index contributed by atoms with van der Waals surface area (Å²) < 4.78 is 10.8. The van der Waals surface area contributed by atoms with Crippen molar-refractivity contribution in [3.63, 3.8) is 0 Å². The summed E-state index contributed by atoms with van der Waals surface area (Å²) in [5, 5.41) is 0. The predicted molar refractivity (Wildman–Crippen MR) is 143 cm³/mol. The minimum Gasteiger partial charge on any atom is -0.497 e. The fourth-order valence-electron chi connectivity index (χ4n) is 4.49. The molecule has 0 spiro atoms. The summed E-state index contributed by atoms with van der Waals surface area (Å²) in [5.41, 5.74) is 3.22. The highest BCUT2D eigenvalue weighted by Gasteiger charge is 2.24. The smallest absolute Gasteiger partial charge is 0.254 e. The molecule has 2 aliphatic heterocycles. The van der Waals surface area contributed by atoms with Gasteiger partial charge in [0.1, 0.15) is 11.5 Å². The van der Waals surface area contributed by atoms with Crippen molar-refractivity contribution in [2.75, 3.05) is 38.8 Å². The molecule has 0 atom stereocenters. The van der Waals surface area contributed by atoms with Crippen LogP contribution < -0.4 is 9.47 Å². The first-order valence-corrected chi connectivity index (χ1v) is 13.8. The number of nitrogens with zero attached hydrogens (tertiary/aromatic N) is 2. The van der Waals surface area contributed by atoms with Gasteiger partial charge in [-0.25, -0.2) is 0 Å². The standard InChI is InChI=1S/C28H28N2O4S2/c1-33-23-6-8-25-21(15-23)17-29(10-12-35-25)27(31)19-4-3-5-20(14-19)28(32)30-11-13-36-26-9-7-24(34-2)16-22(26)18-30/h3-9,14-16H,10-13,17-18H2,1-2H3. The van der Waals surface area contributed by atoms with Gasteiger partial charge in [-0.3, -0.25) is 9.59 Å². The van der Waals surface area contributed by atoms with Crippen LogP contribution in [-0.2, 0) is 13.1 Å². The van der Waals surface area contributed by atoms with Crippen LogP contribution in [0.15, 0.2) is 70.5 Å². The second kappa shape index (κ2) is 10.9. The third kappa shape index (κ3) is 5.20. The minimum atomic E-state index is -0.0672. The second-order valence-corrected chi connectivity index (χ2v) is 11.0. The Labute approximate surface area is 219 Å². The molecule has 3 aromatic carbocycles. The van der Waals surface area contributed by atoms with E-state index in [1.54, 1.807) is 62.0 Å². The number of rotatable bonds is 4. The number of benzene rings is 3. The summed E-state index contributed by atoms with van der Waals surface area (Å²) in [6.45, 7) is 2.30. The van der Waals surface area contributed by atoms with Crippen molar-refractivity contribution >= 4 is 35.3 Å². The van der Waals surface area contributed by atoms with Crippen LogP contribution in [0.4, 0.5) is 0 Å². The molecular weight excluding hydrogens is 492 g/mol. The van der Waals surface area contributed by atoms with Gasteiger partial charge in [0.2, 0.25) is 0 Å². The largest absolute Gasteiger partial charge is 0.497 e. The lowest BCUT2D eigenvalue weighted by atomic mass is 10.1. The SMILES string of the molecule is COc1ccc2c(c1)CN(C(=O)c1cccc(C(=O)N3CCSc4ccc(OC)cc4C3)c1)CCS2. The van der Waals surface area contributed by atoms with E-state index in [4.69, 9.17) is 9.47 Å². The molecule has 3 aromatic rings. The molecule has 8 heteroatoms. The van der Waals surface area contributed by atoms with Gasteiger partial charge in [-0.05, 0) is 65.7 Å². The number of methoxy groups -OCH3 is 2. The molecule has 186 valence electrons. The van der Waals surface area contributed by atoms with Crippen molar-refractivity contribution in [3.05, 3.63) is 82.9 Å². The van der Waals surface area contributed by atoms with Crippen LogP contribution >= 0.6 is 23.5 Å². The molecule has 6 nitrogen and oxygen atoms in total. The molecule has 0 aromatic heterocycles. The zero-order valence-corrected chi connectivity index (χ0v) is 22.0. The number of thioether (sulfide) groups is 2. The van der Waals surface area contributed by atoms with Crippen LogP contribution in [0.5, 0.6) is 11.5 Å². The lowest BCUT2D eigenvalue weighted by Gasteiger charge is -2.23. The topological polar surface area (TPSA) is 59.1 Å². The molecule has 0 N–H and O–H groups in total. The first-order valence-electron chi connectivity index (χ1n) is 11.8. The van der Waals surface area contributed by atoms with Crippen LogP contribution in [0.3, 0.4) is 0 Å². The normalized spacial score (nSPS) is 15.3. The van der Waals surface area contributed by atoms with E-state index in [0.717, 1.165) is 34.1 Å². The van der Waals surface area contributed by atoms with Crippen molar-refractivity contribution in [2.45, 2.75) is 22.9 Å². The Morgan fingerprint density at radius 1 is 0.694 bits per heavy atom. The number of hydrogen-bond donors (Lipinski definition) is 0. The molecule has 5 rings (SSSR count). The van der Waals surface area contributed by atoms with Crippen LogP contribution in [0.1, 0.15) is 31.8 Å². The van der Waals surface area contributed by atoms with Gasteiger partial charge in [0.25, 0.3) is 11.8 Å². The third-order valence-corrected chi connectivity index (χ3v) is 8.62. The van der Waals surface area contributed by atoms with Crippen molar-refractivity contribution in [1.29, 1.82) is 0 Å². The summed E-state index contributed by atoms with van der Waals surface area (Å²) in [6.07, 6.45) is 0. The lowest BCUT2D eigenvalue weighted by Crippen LogP contribution is -2.33. The Kier molecular flexibility index (Phi) is 7.43. The number of ether oxygens (including phenoxy) is 2. The van der Waals surface area contributed by atoms with E-state index in [9.17, 15) is 9.59 Å². The highest BCUT2D eigenvalue weighted by molar-refractivity contribution is 7.99. The molecule has 0 bridgehead atoms. The maximum absolute atomic E-state index is 13.5. The van der Waals surface area contributed by atoms with Crippen LogP contribution in [-0.4, -0.2) is 60.4 Å². The van der Waals surface area contributed by atoms with Gasteiger partial charge in [0.05, 0.1) is 14.2 Å². The maximum atomic E-state index is 13.5. The third-order valence-electron chi connectivity index (χ3n) is 6.43. The molecule has 2 aliphatic rings. The molecule has 0 radical (unpaired) electrons. The summed E-state index contributed by atoms with van der Waals surface area (Å²) in [5.74, 6) is 3.07. The van der Waals surface area contributed by atoms with E-state index in [1.165, 1.54) is 9.79 Å². The summed E-state index contributed by atoms with van der Waals surface area (Å²) in [6, 6.07) is 19.1. The van der Waals surface area contributed by atoms with Crippen molar-refractivity contribution in [2.24, 2.45) is 0 Å². The van der Waals surface area contributed by atoms with E-state index >= 15 is 0 Å². The molecule has 0 saturated heterocycles. The van der Waals surface area contributed by atoms with Gasteiger partial charge in [-0.1, -0.05) is 6.07 Å². The summed E-state index contributed by atoms with van der Waals surface area (Å²) in [7, 11) is 3.30. The van der Waals surface area contributed by atoms with Crippen LogP contribution in [0.2, 0.25) is 0 Å². The summed E-state index contributed by atoms with van der Waals surface area (Å²) in [4.78, 5) is 33.1. The van der Waals surface area contributed by atoms with Gasteiger partial charge in [0, 0.05) is 58.6 Å². The molecule has 0 aliphatic carbocycles. The maximum Gasteiger partial charge on any atom is 0.254 e. The van der Waals surface area contributed by atoms with E-state index in [-0.39, 0.29) is 11.8 Å². The van der Waals surface area contributed by atoms with E-state index in [2.05, 4.69) is 12.1 Å². The van der Waals surface area contributed by atoms with Crippen LogP contribution in [0, 0.1) is 0 Å². The number of carbonyl (C=O) groups excluding carboxylic acids is 2. The Morgan fingerprint density at radius 2 is 1.17 bits per heavy atom. The first-order chi connectivity index (χ1) is 17.6. The summed E-state index contributed by atoms with van der Waals surface area (Å²) >= 11 is 3.50. The lowest BCUT2D eigenvalue weighted by molar-refractivity contribution is 0.0752. The quantitative estimate of drug-likeness (QED) is 0.471. The minimum absolute atomic E-state index is 0.0672. The van der Waals surface area contributed by atoms with E-state index < -0.39 is 0 Å². The van der Waals surface area contributed by atoms with Gasteiger partial charge in [-0.15, -0.1) is 23.5 Å². The zero-order valence-electron chi connectivity index (χ0n) is 20.4. The van der Waals surface area contributed by atoms with Gasteiger partial charge < -0.3 is 19.3 Å². The van der Waals surface area contributed by atoms with Crippen LogP contribution in [0.25, 0.3) is 0 Å². The molecule has 2 amide bonds. The Balaban J connectivity index is 1.35. The average molecular weight is 521 g/mol. The van der Waals surface area contributed by atoms with E-state index in [1.807, 2.05) is 34.1 Å². The molecule has 0 fully saturated rings. The molecule has 2 heterocycles. The molecule has 0 saturated carbocycles. The van der Waals surface area contributed by atoms with Crippen molar-refractivity contribution in [3.8, 4) is 11.5 Å². The first kappa shape index (κ1) is 24.6. The van der Waals surface area contributed by atoms with Gasteiger partial charge in [-0.2, -0.15) is 0 Å². The second-order valence-electron chi connectivity index (χ2n) is 8.68. The monoisotopic (exact) mass is 520 g/mol. The Morgan fingerprint density at radius 3 is 1.61 bits per heavy atom. The van der Waals surface area contributed by atoms with Crippen molar-refractivity contribution < 1.29 is 19.1 Å². The van der Waals surface area contributed by atoms with Gasteiger partial charge >= 0.3 is 0 Å². The highest BCUT2D eigenvalue weighted by Crippen LogP contribution is 2.32. The Bertz CT molecular complexity index is 1200. The highest BCUT2D eigenvalue weighted by atomic mass is 32.2. The zero-order chi connectivity index (χ0) is 25.1.